The van der Waals surface area contributed by atoms with Crippen molar-refractivity contribution >= 4 is 17.2 Å². The number of hydrogen-bond donors (Lipinski definition) is 0. The first kappa shape index (κ1) is 11.1. The molecule has 1 saturated heterocycles. The molecule has 17 heavy (non-hydrogen) atoms. The molecule has 1 aliphatic rings. The maximum absolute atomic E-state index is 6.12. The molecule has 3 rings (SSSR count). The van der Waals surface area contributed by atoms with Crippen LogP contribution >= 0.6 is 11.6 Å². The van der Waals surface area contributed by atoms with Gasteiger partial charge in [0.05, 0.1) is 5.69 Å². The minimum Gasteiger partial charge on any atom is -0.381 e. The van der Waals surface area contributed by atoms with Gasteiger partial charge in [-0.15, -0.1) is 0 Å². The van der Waals surface area contributed by atoms with Crippen LogP contribution in [0, 0.1) is 5.92 Å². The fourth-order valence-corrected chi connectivity index (χ4v) is 2.58. The van der Waals surface area contributed by atoms with Crippen LogP contribution < -0.4 is 0 Å². The van der Waals surface area contributed by atoms with Crippen LogP contribution in [0.4, 0.5) is 0 Å². The van der Waals surface area contributed by atoms with E-state index in [1.54, 1.807) is 0 Å². The maximum Gasteiger partial charge on any atom is 0.138 e. The molecule has 1 fully saturated rings. The van der Waals surface area contributed by atoms with E-state index in [0.29, 0.717) is 11.1 Å². The lowest BCUT2D eigenvalue weighted by molar-refractivity contribution is 0.0663. The Hall–Kier alpha value is -1.06. The van der Waals surface area contributed by atoms with Crippen LogP contribution in [0.15, 0.2) is 24.4 Å². The second-order valence-electron chi connectivity index (χ2n) is 4.57. The molecule has 0 amide bonds. The van der Waals surface area contributed by atoms with Crippen molar-refractivity contribution in [1.29, 1.82) is 0 Å². The summed E-state index contributed by atoms with van der Waals surface area (Å²) in [6.07, 6.45) is 5.36. The van der Waals surface area contributed by atoms with Crippen molar-refractivity contribution in [2.75, 3.05) is 13.2 Å². The Balaban J connectivity index is 1.83. The molecule has 0 spiro atoms. The highest BCUT2D eigenvalue weighted by Crippen LogP contribution is 2.21. The predicted octanol–water partition coefficient (Wildman–Crippen LogP) is 2.96. The van der Waals surface area contributed by atoms with Gasteiger partial charge in [0, 0.05) is 19.4 Å². The zero-order chi connectivity index (χ0) is 11.7. The van der Waals surface area contributed by atoms with Gasteiger partial charge in [-0.2, -0.15) is 0 Å². The number of imidazole rings is 1. The van der Waals surface area contributed by atoms with Gasteiger partial charge in [-0.05, 0) is 37.3 Å². The third-order valence-electron chi connectivity index (χ3n) is 3.33. The fraction of sp³-hybridized carbons (Fsp3) is 0.462. The van der Waals surface area contributed by atoms with Crippen LogP contribution in [0.3, 0.4) is 0 Å². The summed E-state index contributed by atoms with van der Waals surface area (Å²) in [5.74, 6) is 0.701. The maximum atomic E-state index is 6.12. The Morgan fingerprint density at radius 1 is 1.35 bits per heavy atom. The highest BCUT2D eigenvalue weighted by molar-refractivity contribution is 6.29. The molecule has 2 aromatic heterocycles. The highest BCUT2D eigenvalue weighted by Gasteiger charge is 2.16. The molecule has 0 bridgehead atoms. The zero-order valence-electron chi connectivity index (χ0n) is 9.60. The zero-order valence-corrected chi connectivity index (χ0v) is 10.4. The molecular weight excluding hydrogens is 236 g/mol. The molecule has 0 aliphatic carbocycles. The normalized spacial score (nSPS) is 17.7. The molecule has 0 saturated carbocycles. The monoisotopic (exact) mass is 250 g/mol. The molecular formula is C13H15ClN2O. The van der Waals surface area contributed by atoms with Gasteiger partial charge in [-0.3, -0.25) is 4.40 Å². The Morgan fingerprint density at radius 3 is 2.94 bits per heavy atom. The minimum absolute atomic E-state index is 0.701. The smallest absolute Gasteiger partial charge is 0.138 e. The molecule has 0 aromatic carbocycles. The average Bonchev–Trinajstić information content (AvgIpc) is 2.74. The standard InChI is InChI=1S/C13H15ClN2O/c14-12-2-1-3-13-15-11(9-16(12)13)8-10-4-6-17-7-5-10/h1-3,9-10H,4-8H2. The van der Waals surface area contributed by atoms with Crippen LogP contribution in [0.2, 0.25) is 5.15 Å². The van der Waals surface area contributed by atoms with Crippen molar-refractivity contribution < 1.29 is 4.74 Å². The highest BCUT2D eigenvalue weighted by atomic mass is 35.5. The predicted molar refractivity (Wildman–Crippen MR) is 67.4 cm³/mol. The molecule has 0 atom stereocenters. The molecule has 0 N–H and O–H groups in total. The summed E-state index contributed by atoms with van der Waals surface area (Å²) in [6.45, 7) is 1.78. The van der Waals surface area contributed by atoms with E-state index in [1.807, 2.05) is 28.8 Å². The summed E-state index contributed by atoms with van der Waals surface area (Å²) in [7, 11) is 0. The first-order chi connectivity index (χ1) is 8.33. The lowest BCUT2D eigenvalue weighted by atomic mass is 9.95. The SMILES string of the molecule is Clc1cccc2nc(CC3CCOCC3)cn12. The number of pyridine rings is 1. The number of hydrogen-bond acceptors (Lipinski definition) is 2. The van der Waals surface area contributed by atoms with E-state index in [9.17, 15) is 0 Å². The molecule has 90 valence electrons. The van der Waals surface area contributed by atoms with Gasteiger partial charge in [0.1, 0.15) is 10.8 Å². The van der Waals surface area contributed by atoms with Crippen LogP contribution in [0.5, 0.6) is 0 Å². The second kappa shape index (κ2) is 4.67. The van der Waals surface area contributed by atoms with Crippen molar-refractivity contribution in [2.45, 2.75) is 19.3 Å². The summed E-state index contributed by atoms with van der Waals surface area (Å²) in [5.41, 5.74) is 2.06. The molecule has 3 heterocycles. The van der Waals surface area contributed by atoms with E-state index < -0.39 is 0 Å². The van der Waals surface area contributed by atoms with Crippen LogP contribution in [-0.4, -0.2) is 22.6 Å². The quantitative estimate of drug-likeness (QED) is 0.766. The number of fused-ring (bicyclic) bond motifs is 1. The van der Waals surface area contributed by atoms with E-state index in [4.69, 9.17) is 16.3 Å². The first-order valence-electron chi connectivity index (χ1n) is 6.03. The van der Waals surface area contributed by atoms with E-state index in [2.05, 4.69) is 4.98 Å². The van der Waals surface area contributed by atoms with Gasteiger partial charge in [-0.25, -0.2) is 4.98 Å². The van der Waals surface area contributed by atoms with Gasteiger partial charge < -0.3 is 4.74 Å². The summed E-state index contributed by atoms with van der Waals surface area (Å²) in [5, 5.41) is 0.716. The van der Waals surface area contributed by atoms with Gasteiger partial charge in [0.15, 0.2) is 0 Å². The van der Waals surface area contributed by atoms with Gasteiger partial charge in [-0.1, -0.05) is 17.7 Å². The summed E-state index contributed by atoms with van der Waals surface area (Å²) >= 11 is 6.12. The first-order valence-corrected chi connectivity index (χ1v) is 6.41. The van der Waals surface area contributed by atoms with E-state index in [-0.39, 0.29) is 0 Å². The Kier molecular flexibility index (Phi) is 3.04. The topological polar surface area (TPSA) is 26.5 Å². The van der Waals surface area contributed by atoms with Crippen molar-refractivity contribution in [3.8, 4) is 0 Å². The summed E-state index contributed by atoms with van der Waals surface area (Å²) < 4.78 is 7.31. The van der Waals surface area contributed by atoms with Crippen LogP contribution in [0.25, 0.3) is 5.65 Å². The van der Waals surface area contributed by atoms with Crippen LogP contribution in [0.1, 0.15) is 18.5 Å². The largest absolute Gasteiger partial charge is 0.381 e. The second-order valence-corrected chi connectivity index (χ2v) is 4.96. The number of aromatic nitrogens is 2. The number of ether oxygens (including phenoxy) is 1. The van der Waals surface area contributed by atoms with E-state index in [1.165, 1.54) is 0 Å². The van der Waals surface area contributed by atoms with Crippen LogP contribution in [-0.2, 0) is 11.2 Å². The molecule has 4 heteroatoms. The summed E-state index contributed by atoms with van der Waals surface area (Å²) in [6, 6.07) is 5.80. The van der Waals surface area contributed by atoms with Crippen molar-refractivity contribution in [3.05, 3.63) is 35.2 Å². The Morgan fingerprint density at radius 2 is 2.18 bits per heavy atom. The fourth-order valence-electron chi connectivity index (χ4n) is 2.37. The van der Waals surface area contributed by atoms with Gasteiger partial charge in [0.2, 0.25) is 0 Å². The van der Waals surface area contributed by atoms with E-state index >= 15 is 0 Å². The molecule has 1 aliphatic heterocycles. The summed E-state index contributed by atoms with van der Waals surface area (Å²) in [4.78, 5) is 4.61. The van der Waals surface area contributed by atoms with Gasteiger partial charge >= 0.3 is 0 Å². The molecule has 0 unspecified atom stereocenters. The Labute approximate surface area is 105 Å². The van der Waals surface area contributed by atoms with E-state index in [0.717, 1.165) is 43.8 Å². The molecule has 2 aromatic rings. The van der Waals surface area contributed by atoms with Crippen molar-refractivity contribution in [3.63, 3.8) is 0 Å². The lowest BCUT2D eigenvalue weighted by Gasteiger charge is -2.20. The average molecular weight is 251 g/mol. The van der Waals surface area contributed by atoms with Crippen molar-refractivity contribution in [1.82, 2.24) is 9.38 Å². The number of halogens is 1. The molecule has 0 radical (unpaired) electrons. The number of rotatable bonds is 2. The Bertz CT molecular complexity index is 517. The number of nitrogens with zero attached hydrogens (tertiary/aromatic N) is 2. The third kappa shape index (κ3) is 2.31. The minimum atomic E-state index is 0.701. The third-order valence-corrected chi connectivity index (χ3v) is 3.64. The van der Waals surface area contributed by atoms with Crippen molar-refractivity contribution in [2.24, 2.45) is 5.92 Å². The molecule has 3 nitrogen and oxygen atoms in total. The van der Waals surface area contributed by atoms with Gasteiger partial charge in [0.25, 0.3) is 0 Å². The lowest BCUT2D eigenvalue weighted by Crippen LogP contribution is -2.17.